The molecule has 1 atom stereocenters. The summed E-state index contributed by atoms with van der Waals surface area (Å²) < 4.78 is 0. The van der Waals surface area contributed by atoms with Crippen molar-refractivity contribution in [2.24, 2.45) is 0 Å². The molecule has 2 aromatic heterocycles. The molecule has 0 amide bonds. The highest BCUT2D eigenvalue weighted by molar-refractivity contribution is 7.10. The molecule has 0 radical (unpaired) electrons. The molecule has 20 heavy (non-hydrogen) atoms. The molecule has 1 aromatic carbocycles. The average molecular weight is 282 g/mol. The Bertz CT molecular complexity index is 725. The monoisotopic (exact) mass is 282 g/mol. The molecule has 2 N–H and O–H groups in total. The van der Waals surface area contributed by atoms with Crippen LogP contribution < -0.4 is 5.32 Å². The van der Waals surface area contributed by atoms with Crippen LogP contribution in [-0.2, 0) is 13.0 Å². The molecule has 4 rings (SSSR count). The first kappa shape index (κ1) is 12.2. The summed E-state index contributed by atoms with van der Waals surface area (Å²) in [5, 5.41) is 7.32. The minimum Gasteiger partial charge on any atom is -0.361 e. The van der Waals surface area contributed by atoms with E-state index in [-0.39, 0.29) is 0 Å². The molecule has 1 unspecified atom stereocenters. The van der Waals surface area contributed by atoms with Crippen molar-refractivity contribution in [1.29, 1.82) is 0 Å². The van der Waals surface area contributed by atoms with Gasteiger partial charge in [-0.25, -0.2) is 0 Å². The zero-order chi connectivity index (χ0) is 13.4. The number of H-pyrrole nitrogens is 1. The zero-order valence-electron chi connectivity index (χ0n) is 11.4. The molecule has 2 heterocycles. The number of nitrogens with one attached hydrogen (secondary N) is 2. The molecule has 2 nitrogen and oxygen atoms in total. The second-order valence-corrected chi connectivity index (χ2v) is 6.48. The van der Waals surface area contributed by atoms with Gasteiger partial charge in [0, 0.05) is 34.6 Å². The lowest BCUT2D eigenvalue weighted by Crippen LogP contribution is -2.23. The van der Waals surface area contributed by atoms with E-state index in [1.54, 1.807) is 4.88 Å². The first-order valence-corrected chi connectivity index (χ1v) is 8.14. The summed E-state index contributed by atoms with van der Waals surface area (Å²) in [7, 11) is 0. The molecule has 0 saturated carbocycles. The first-order chi connectivity index (χ1) is 9.92. The van der Waals surface area contributed by atoms with Crippen LogP contribution in [0.4, 0.5) is 0 Å². The second kappa shape index (κ2) is 5.08. The highest BCUT2D eigenvalue weighted by Crippen LogP contribution is 2.33. The molecule has 0 bridgehead atoms. The molecule has 3 heteroatoms. The number of rotatable bonds is 3. The predicted molar refractivity (Wildman–Crippen MR) is 85.1 cm³/mol. The maximum atomic E-state index is 3.75. The molecule has 102 valence electrons. The number of aryl methyl sites for hydroxylation is 1. The van der Waals surface area contributed by atoms with Gasteiger partial charge < -0.3 is 10.3 Å². The second-order valence-electron chi connectivity index (χ2n) is 5.48. The maximum Gasteiger partial charge on any atom is 0.0457 e. The van der Waals surface area contributed by atoms with Crippen LogP contribution in [0.25, 0.3) is 10.9 Å². The van der Waals surface area contributed by atoms with Crippen molar-refractivity contribution < 1.29 is 0 Å². The number of thiophene rings is 1. The van der Waals surface area contributed by atoms with Crippen molar-refractivity contribution in [2.75, 3.05) is 0 Å². The summed E-state index contributed by atoms with van der Waals surface area (Å²) >= 11 is 1.91. The molecule has 1 aliphatic rings. The maximum absolute atomic E-state index is 3.75. The van der Waals surface area contributed by atoms with Crippen LogP contribution in [0.3, 0.4) is 0 Å². The van der Waals surface area contributed by atoms with Gasteiger partial charge in [-0.2, -0.15) is 0 Å². The Morgan fingerprint density at radius 3 is 3.25 bits per heavy atom. The third kappa shape index (κ3) is 2.07. The fourth-order valence-corrected chi connectivity index (χ4v) is 4.22. The largest absolute Gasteiger partial charge is 0.361 e. The van der Waals surface area contributed by atoms with Gasteiger partial charge in [-0.05, 0) is 54.0 Å². The molecule has 0 spiro atoms. The third-order valence-electron chi connectivity index (χ3n) is 4.28. The van der Waals surface area contributed by atoms with Crippen molar-refractivity contribution in [3.63, 3.8) is 0 Å². The quantitative estimate of drug-likeness (QED) is 0.732. The van der Waals surface area contributed by atoms with E-state index in [9.17, 15) is 0 Å². The summed E-state index contributed by atoms with van der Waals surface area (Å²) in [5.41, 5.74) is 4.14. The van der Waals surface area contributed by atoms with Gasteiger partial charge in [0.25, 0.3) is 0 Å². The summed E-state index contributed by atoms with van der Waals surface area (Å²) in [6, 6.07) is 11.5. The Kier molecular flexibility index (Phi) is 3.09. The fourth-order valence-electron chi connectivity index (χ4n) is 3.24. The van der Waals surface area contributed by atoms with Crippen LogP contribution in [0.5, 0.6) is 0 Å². The number of aromatic amines is 1. The minimum atomic E-state index is 0.527. The number of hydrogen-bond acceptors (Lipinski definition) is 2. The van der Waals surface area contributed by atoms with E-state index in [4.69, 9.17) is 0 Å². The van der Waals surface area contributed by atoms with E-state index in [1.165, 1.54) is 41.3 Å². The van der Waals surface area contributed by atoms with Crippen LogP contribution in [0.1, 0.15) is 34.9 Å². The van der Waals surface area contributed by atoms with Crippen LogP contribution in [0.2, 0.25) is 0 Å². The Balaban J connectivity index is 1.56. The molecule has 0 aliphatic heterocycles. The van der Waals surface area contributed by atoms with Crippen molar-refractivity contribution in [3.8, 4) is 0 Å². The van der Waals surface area contributed by atoms with Crippen LogP contribution >= 0.6 is 11.3 Å². The molecule has 1 aliphatic carbocycles. The normalized spacial score (nSPS) is 18.3. The molecule has 3 aromatic rings. The van der Waals surface area contributed by atoms with Gasteiger partial charge in [-0.15, -0.1) is 11.3 Å². The number of benzene rings is 1. The summed E-state index contributed by atoms with van der Waals surface area (Å²) in [4.78, 5) is 4.86. The van der Waals surface area contributed by atoms with Gasteiger partial charge >= 0.3 is 0 Å². The Morgan fingerprint density at radius 1 is 1.25 bits per heavy atom. The van der Waals surface area contributed by atoms with Gasteiger partial charge in [-0.1, -0.05) is 12.1 Å². The summed E-state index contributed by atoms with van der Waals surface area (Å²) in [6.07, 6.45) is 5.84. The smallest absolute Gasteiger partial charge is 0.0457 e. The Labute approximate surface area is 122 Å². The highest BCUT2D eigenvalue weighted by atomic mass is 32.1. The minimum absolute atomic E-state index is 0.527. The lowest BCUT2D eigenvalue weighted by atomic mass is 9.94. The number of fused-ring (bicyclic) bond motifs is 2. The van der Waals surface area contributed by atoms with Crippen LogP contribution in [0.15, 0.2) is 41.9 Å². The van der Waals surface area contributed by atoms with E-state index >= 15 is 0 Å². The van der Waals surface area contributed by atoms with Crippen molar-refractivity contribution >= 4 is 22.2 Å². The average Bonchev–Trinajstić information content (AvgIpc) is 3.13. The molecule has 0 fully saturated rings. The van der Waals surface area contributed by atoms with Crippen molar-refractivity contribution in [2.45, 2.75) is 31.8 Å². The fraction of sp³-hybridized carbons (Fsp3) is 0.294. The zero-order valence-corrected chi connectivity index (χ0v) is 12.2. The van der Waals surface area contributed by atoms with Crippen LogP contribution in [-0.4, -0.2) is 4.98 Å². The highest BCUT2D eigenvalue weighted by Gasteiger charge is 2.20. The van der Waals surface area contributed by atoms with Crippen molar-refractivity contribution in [3.05, 3.63) is 57.9 Å². The molecule has 0 saturated heterocycles. The van der Waals surface area contributed by atoms with E-state index in [2.05, 4.69) is 46.0 Å². The van der Waals surface area contributed by atoms with Gasteiger partial charge in [0.1, 0.15) is 0 Å². The van der Waals surface area contributed by atoms with Crippen molar-refractivity contribution in [1.82, 2.24) is 10.3 Å². The summed E-state index contributed by atoms with van der Waals surface area (Å²) in [6.45, 7) is 0.940. The van der Waals surface area contributed by atoms with Crippen LogP contribution in [0, 0.1) is 0 Å². The number of hydrogen-bond donors (Lipinski definition) is 2. The van der Waals surface area contributed by atoms with E-state index in [0.717, 1.165) is 6.54 Å². The van der Waals surface area contributed by atoms with Gasteiger partial charge in [0.05, 0.1) is 0 Å². The first-order valence-electron chi connectivity index (χ1n) is 7.26. The van der Waals surface area contributed by atoms with E-state index < -0.39 is 0 Å². The SMILES string of the molecule is c1cc(CNC2CCCc3sccc32)c2cc[nH]c2c1. The van der Waals surface area contributed by atoms with Gasteiger partial charge in [0.15, 0.2) is 0 Å². The third-order valence-corrected chi connectivity index (χ3v) is 5.27. The standard InChI is InChI=1S/C17H18N2S/c1-3-12(13-7-9-18-15(13)4-1)11-19-16-5-2-6-17-14(16)8-10-20-17/h1,3-4,7-10,16,18-19H,2,5-6,11H2. The number of aromatic nitrogens is 1. The predicted octanol–water partition coefficient (Wildman–Crippen LogP) is 4.40. The summed E-state index contributed by atoms with van der Waals surface area (Å²) in [5.74, 6) is 0. The molecular weight excluding hydrogens is 264 g/mol. The lowest BCUT2D eigenvalue weighted by molar-refractivity contribution is 0.464. The lowest BCUT2D eigenvalue weighted by Gasteiger charge is -2.24. The Hall–Kier alpha value is -1.58. The van der Waals surface area contributed by atoms with Gasteiger partial charge in [-0.3, -0.25) is 0 Å². The topological polar surface area (TPSA) is 27.8 Å². The van der Waals surface area contributed by atoms with Gasteiger partial charge in [0.2, 0.25) is 0 Å². The van der Waals surface area contributed by atoms with E-state index in [1.807, 2.05) is 17.5 Å². The Morgan fingerprint density at radius 2 is 2.25 bits per heavy atom. The molecular formula is C17H18N2S. The van der Waals surface area contributed by atoms with E-state index in [0.29, 0.717) is 6.04 Å².